The highest BCUT2D eigenvalue weighted by Crippen LogP contribution is 2.15. The summed E-state index contributed by atoms with van der Waals surface area (Å²) >= 11 is 0. The second kappa shape index (κ2) is 5.85. The van der Waals surface area contributed by atoms with E-state index in [-0.39, 0.29) is 5.54 Å². The SMILES string of the molecule is CC.CC(C)(C)N1C=CCC=CC1. The van der Waals surface area contributed by atoms with Crippen LogP contribution in [0.3, 0.4) is 0 Å². The van der Waals surface area contributed by atoms with E-state index in [1.807, 2.05) is 13.8 Å². The van der Waals surface area contributed by atoms with E-state index in [0.29, 0.717) is 0 Å². The van der Waals surface area contributed by atoms with Crippen LogP contribution in [0.1, 0.15) is 41.0 Å². The highest BCUT2D eigenvalue weighted by Gasteiger charge is 2.16. The van der Waals surface area contributed by atoms with Gasteiger partial charge in [-0.3, -0.25) is 0 Å². The van der Waals surface area contributed by atoms with Crippen LogP contribution in [0, 0.1) is 0 Å². The first-order valence-corrected chi connectivity index (χ1v) is 5.19. The average Bonchev–Trinajstić information content (AvgIpc) is 2.34. The van der Waals surface area contributed by atoms with Gasteiger partial charge in [-0.15, -0.1) is 0 Å². The van der Waals surface area contributed by atoms with Gasteiger partial charge in [0.15, 0.2) is 0 Å². The van der Waals surface area contributed by atoms with E-state index in [0.717, 1.165) is 13.0 Å². The minimum atomic E-state index is 0.255. The van der Waals surface area contributed by atoms with Crippen LogP contribution in [0.2, 0.25) is 0 Å². The molecule has 0 saturated heterocycles. The minimum Gasteiger partial charge on any atom is -0.369 e. The van der Waals surface area contributed by atoms with Gasteiger partial charge in [0.2, 0.25) is 0 Å². The maximum atomic E-state index is 2.34. The van der Waals surface area contributed by atoms with Crippen molar-refractivity contribution in [2.45, 2.75) is 46.6 Å². The second-order valence-electron chi connectivity index (χ2n) is 3.92. The third kappa shape index (κ3) is 4.76. The zero-order valence-corrected chi connectivity index (χ0v) is 9.67. The number of hydrogen-bond acceptors (Lipinski definition) is 1. The summed E-state index contributed by atoms with van der Waals surface area (Å²) in [5.74, 6) is 0. The highest BCUT2D eigenvalue weighted by molar-refractivity contribution is 5.02. The molecule has 0 N–H and O–H groups in total. The Morgan fingerprint density at radius 3 is 2.15 bits per heavy atom. The average molecular weight is 181 g/mol. The van der Waals surface area contributed by atoms with Crippen molar-refractivity contribution in [1.29, 1.82) is 0 Å². The van der Waals surface area contributed by atoms with Gasteiger partial charge in [-0.2, -0.15) is 0 Å². The fraction of sp³-hybridized carbons (Fsp3) is 0.667. The van der Waals surface area contributed by atoms with Gasteiger partial charge in [-0.05, 0) is 33.4 Å². The summed E-state index contributed by atoms with van der Waals surface area (Å²) in [5.41, 5.74) is 0.255. The third-order valence-electron chi connectivity index (χ3n) is 1.89. The Hall–Kier alpha value is -0.720. The summed E-state index contributed by atoms with van der Waals surface area (Å²) < 4.78 is 0. The molecule has 0 unspecified atom stereocenters. The molecule has 76 valence electrons. The van der Waals surface area contributed by atoms with E-state index in [9.17, 15) is 0 Å². The summed E-state index contributed by atoms with van der Waals surface area (Å²) in [7, 11) is 0. The van der Waals surface area contributed by atoms with Crippen LogP contribution in [-0.2, 0) is 0 Å². The van der Waals surface area contributed by atoms with Crippen LogP contribution in [0.15, 0.2) is 24.4 Å². The molecule has 0 bridgehead atoms. The smallest absolute Gasteiger partial charge is 0.0359 e. The zero-order valence-electron chi connectivity index (χ0n) is 9.67. The molecule has 1 aliphatic heterocycles. The van der Waals surface area contributed by atoms with Crippen molar-refractivity contribution >= 4 is 0 Å². The van der Waals surface area contributed by atoms with Gasteiger partial charge in [0.25, 0.3) is 0 Å². The molecule has 1 aliphatic rings. The van der Waals surface area contributed by atoms with E-state index in [2.05, 4.69) is 50.1 Å². The van der Waals surface area contributed by atoms with E-state index in [1.165, 1.54) is 0 Å². The summed E-state index contributed by atoms with van der Waals surface area (Å²) in [5, 5.41) is 0. The first-order valence-electron chi connectivity index (χ1n) is 5.19. The molecular weight excluding hydrogens is 158 g/mol. The zero-order chi connectivity index (χ0) is 10.3. The van der Waals surface area contributed by atoms with Gasteiger partial charge in [0.05, 0.1) is 0 Å². The van der Waals surface area contributed by atoms with Crippen LogP contribution in [0.4, 0.5) is 0 Å². The molecule has 0 aliphatic carbocycles. The predicted octanol–water partition coefficient (Wildman–Crippen LogP) is 3.59. The topological polar surface area (TPSA) is 3.24 Å². The Labute approximate surface area is 83.1 Å². The van der Waals surface area contributed by atoms with Crippen molar-refractivity contribution in [2.75, 3.05) is 6.54 Å². The molecule has 0 saturated carbocycles. The molecule has 0 aromatic carbocycles. The van der Waals surface area contributed by atoms with Gasteiger partial charge in [-0.25, -0.2) is 0 Å². The largest absolute Gasteiger partial charge is 0.369 e. The molecule has 1 nitrogen and oxygen atoms in total. The van der Waals surface area contributed by atoms with Gasteiger partial charge in [0, 0.05) is 12.1 Å². The van der Waals surface area contributed by atoms with Gasteiger partial charge in [-0.1, -0.05) is 32.1 Å². The molecule has 0 aromatic rings. The van der Waals surface area contributed by atoms with E-state index < -0.39 is 0 Å². The Morgan fingerprint density at radius 1 is 1.00 bits per heavy atom. The Bertz CT molecular complexity index is 172. The molecule has 0 radical (unpaired) electrons. The van der Waals surface area contributed by atoms with Gasteiger partial charge >= 0.3 is 0 Å². The maximum absolute atomic E-state index is 2.34. The number of hydrogen-bond donors (Lipinski definition) is 0. The lowest BCUT2D eigenvalue weighted by molar-refractivity contribution is 0.227. The van der Waals surface area contributed by atoms with Crippen molar-refractivity contribution in [3.63, 3.8) is 0 Å². The molecule has 0 atom stereocenters. The number of allylic oxidation sites excluding steroid dienone is 2. The number of nitrogens with zero attached hydrogens (tertiary/aromatic N) is 1. The lowest BCUT2D eigenvalue weighted by Crippen LogP contribution is -2.36. The maximum Gasteiger partial charge on any atom is 0.0359 e. The summed E-state index contributed by atoms with van der Waals surface area (Å²) in [4.78, 5) is 2.34. The van der Waals surface area contributed by atoms with E-state index in [1.54, 1.807) is 0 Å². The summed E-state index contributed by atoms with van der Waals surface area (Å²) in [6.07, 6.45) is 9.91. The fourth-order valence-electron chi connectivity index (χ4n) is 1.11. The molecule has 0 aromatic heterocycles. The normalized spacial score (nSPS) is 16.2. The quantitative estimate of drug-likeness (QED) is 0.516. The molecule has 0 spiro atoms. The van der Waals surface area contributed by atoms with Crippen LogP contribution >= 0.6 is 0 Å². The third-order valence-corrected chi connectivity index (χ3v) is 1.89. The molecule has 13 heavy (non-hydrogen) atoms. The van der Waals surface area contributed by atoms with Gasteiger partial charge < -0.3 is 4.90 Å². The molecule has 0 fully saturated rings. The fourth-order valence-corrected chi connectivity index (χ4v) is 1.11. The molecular formula is C12H23N. The molecule has 1 rings (SSSR count). The predicted molar refractivity (Wildman–Crippen MR) is 60.7 cm³/mol. The van der Waals surface area contributed by atoms with Crippen LogP contribution in [-0.4, -0.2) is 17.0 Å². The van der Waals surface area contributed by atoms with Crippen molar-refractivity contribution < 1.29 is 0 Å². The lowest BCUT2D eigenvalue weighted by atomic mass is 10.1. The summed E-state index contributed by atoms with van der Waals surface area (Å²) in [6.45, 7) is 11.7. The Kier molecular flexibility index (Phi) is 5.52. The van der Waals surface area contributed by atoms with Crippen LogP contribution in [0.5, 0.6) is 0 Å². The molecule has 0 amide bonds. The first-order chi connectivity index (χ1) is 6.11. The Balaban J connectivity index is 0.000000671. The molecule has 1 heterocycles. The lowest BCUT2D eigenvalue weighted by Gasteiger charge is -2.33. The molecule has 1 heteroatoms. The van der Waals surface area contributed by atoms with Crippen LogP contribution < -0.4 is 0 Å². The van der Waals surface area contributed by atoms with E-state index >= 15 is 0 Å². The highest BCUT2D eigenvalue weighted by atomic mass is 15.2. The van der Waals surface area contributed by atoms with Crippen molar-refractivity contribution in [3.05, 3.63) is 24.4 Å². The van der Waals surface area contributed by atoms with Crippen LogP contribution in [0.25, 0.3) is 0 Å². The van der Waals surface area contributed by atoms with Crippen molar-refractivity contribution in [3.8, 4) is 0 Å². The summed E-state index contributed by atoms with van der Waals surface area (Å²) in [6, 6.07) is 0. The standard InChI is InChI=1S/C10H17N.C2H6/c1-10(2,3)11-8-6-4-5-7-9-11;1-2/h4,6-7,9H,5,8H2,1-3H3;1-2H3. The monoisotopic (exact) mass is 181 g/mol. The minimum absolute atomic E-state index is 0.255. The van der Waals surface area contributed by atoms with E-state index in [4.69, 9.17) is 0 Å². The Morgan fingerprint density at radius 2 is 1.62 bits per heavy atom. The second-order valence-corrected chi connectivity index (χ2v) is 3.92. The van der Waals surface area contributed by atoms with Crippen molar-refractivity contribution in [2.24, 2.45) is 0 Å². The van der Waals surface area contributed by atoms with Gasteiger partial charge in [0.1, 0.15) is 0 Å². The first kappa shape index (κ1) is 12.3. The van der Waals surface area contributed by atoms with Crippen molar-refractivity contribution in [1.82, 2.24) is 4.90 Å². The number of rotatable bonds is 0.